The van der Waals surface area contributed by atoms with Crippen LogP contribution >= 0.6 is 0 Å². The van der Waals surface area contributed by atoms with Crippen LogP contribution in [-0.4, -0.2) is 25.4 Å². The van der Waals surface area contributed by atoms with Gasteiger partial charge in [0, 0.05) is 37.3 Å². The second-order valence-corrected chi connectivity index (χ2v) is 5.43. The fraction of sp³-hybridized carbons (Fsp3) is 0.375. The van der Waals surface area contributed by atoms with Crippen molar-refractivity contribution in [1.29, 1.82) is 0 Å². The summed E-state index contributed by atoms with van der Waals surface area (Å²) in [5, 5.41) is 5.84. The van der Waals surface area contributed by atoms with Gasteiger partial charge < -0.3 is 10.3 Å². The van der Waals surface area contributed by atoms with Gasteiger partial charge >= 0.3 is 0 Å². The Morgan fingerprint density at radius 3 is 2.90 bits per heavy atom. The first-order valence-electron chi connectivity index (χ1n) is 7.35. The predicted octanol–water partition coefficient (Wildman–Crippen LogP) is 2.10. The Morgan fingerprint density at radius 2 is 2.10 bits per heavy atom. The van der Waals surface area contributed by atoms with Gasteiger partial charge in [-0.1, -0.05) is 25.1 Å². The molecule has 0 saturated heterocycles. The number of hydrogen-bond acceptors (Lipinski definition) is 3. The van der Waals surface area contributed by atoms with Gasteiger partial charge in [-0.25, -0.2) is 4.98 Å². The lowest BCUT2D eigenvalue weighted by Gasteiger charge is -2.10. The number of nitrogens with zero attached hydrogens (tertiary/aromatic N) is 4. The molecule has 0 bridgehead atoms. The van der Waals surface area contributed by atoms with E-state index in [9.17, 15) is 0 Å². The van der Waals surface area contributed by atoms with E-state index in [2.05, 4.69) is 39.8 Å². The molecule has 0 saturated carbocycles. The lowest BCUT2D eigenvalue weighted by molar-refractivity contribution is 0.593. The summed E-state index contributed by atoms with van der Waals surface area (Å²) < 4.78 is 4.07. The summed E-state index contributed by atoms with van der Waals surface area (Å²) in [5.74, 6) is 1.03. The molecule has 0 aliphatic rings. The summed E-state index contributed by atoms with van der Waals surface area (Å²) in [5.41, 5.74) is 8.27. The first-order chi connectivity index (χ1) is 10.2. The summed E-state index contributed by atoms with van der Waals surface area (Å²) in [6.45, 7) is 2.83. The number of imidazole rings is 1. The first kappa shape index (κ1) is 13.8. The summed E-state index contributed by atoms with van der Waals surface area (Å²) in [6.07, 6.45) is 5.59. The lowest BCUT2D eigenvalue weighted by Crippen LogP contribution is -2.23. The standard InChI is InChI=1S/C16H21N5/c1-3-12(17)10-16-18-8-9-21(16)11-14-13-6-4-5-7-15(13)20(2)19-14/h4-9,12H,3,10-11,17H2,1-2H3. The Kier molecular flexibility index (Phi) is 3.75. The van der Waals surface area contributed by atoms with Crippen LogP contribution in [0.1, 0.15) is 24.9 Å². The summed E-state index contributed by atoms with van der Waals surface area (Å²) >= 11 is 0. The number of benzene rings is 1. The Balaban J connectivity index is 1.91. The number of rotatable bonds is 5. The fourth-order valence-electron chi connectivity index (χ4n) is 2.62. The molecule has 0 fully saturated rings. The van der Waals surface area contributed by atoms with Gasteiger partial charge in [0.25, 0.3) is 0 Å². The summed E-state index contributed by atoms with van der Waals surface area (Å²) in [4.78, 5) is 4.44. The maximum absolute atomic E-state index is 6.05. The van der Waals surface area contributed by atoms with Gasteiger partial charge in [-0.3, -0.25) is 4.68 Å². The molecule has 0 amide bonds. The fourth-order valence-corrected chi connectivity index (χ4v) is 2.62. The van der Waals surface area contributed by atoms with E-state index in [0.717, 1.165) is 36.4 Å². The van der Waals surface area contributed by atoms with E-state index in [1.807, 2.05) is 30.2 Å². The minimum absolute atomic E-state index is 0.159. The van der Waals surface area contributed by atoms with E-state index in [1.165, 1.54) is 5.39 Å². The topological polar surface area (TPSA) is 61.7 Å². The van der Waals surface area contributed by atoms with E-state index in [0.29, 0.717) is 0 Å². The second kappa shape index (κ2) is 5.69. The van der Waals surface area contributed by atoms with Gasteiger partial charge in [-0.2, -0.15) is 5.10 Å². The SMILES string of the molecule is CCC(N)Cc1nccn1Cc1nn(C)c2ccccc12. The van der Waals surface area contributed by atoms with Crippen molar-refractivity contribution >= 4 is 10.9 Å². The van der Waals surface area contributed by atoms with Gasteiger partial charge in [0.15, 0.2) is 0 Å². The molecule has 0 aliphatic carbocycles. The maximum atomic E-state index is 6.05. The first-order valence-corrected chi connectivity index (χ1v) is 7.35. The highest BCUT2D eigenvalue weighted by molar-refractivity contribution is 5.81. The molecule has 1 unspecified atom stereocenters. The highest BCUT2D eigenvalue weighted by atomic mass is 15.3. The van der Waals surface area contributed by atoms with Gasteiger partial charge in [-0.05, 0) is 12.5 Å². The van der Waals surface area contributed by atoms with Crippen molar-refractivity contribution in [2.45, 2.75) is 32.4 Å². The Morgan fingerprint density at radius 1 is 1.29 bits per heavy atom. The van der Waals surface area contributed by atoms with Crippen molar-refractivity contribution in [3.8, 4) is 0 Å². The molecule has 2 heterocycles. The Bertz CT molecular complexity index is 740. The van der Waals surface area contributed by atoms with Crippen LogP contribution in [0.15, 0.2) is 36.7 Å². The van der Waals surface area contributed by atoms with E-state index < -0.39 is 0 Å². The minimum Gasteiger partial charge on any atom is -0.329 e. The molecule has 3 rings (SSSR count). The molecule has 0 aliphatic heterocycles. The van der Waals surface area contributed by atoms with Crippen molar-refractivity contribution in [1.82, 2.24) is 19.3 Å². The highest BCUT2D eigenvalue weighted by Gasteiger charge is 2.12. The van der Waals surface area contributed by atoms with E-state index in [4.69, 9.17) is 5.73 Å². The van der Waals surface area contributed by atoms with Crippen LogP contribution in [0.2, 0.25) is 0 Å². The third-order valence-corrected chi connectivity index (χ3v) is 3.93. The largest absolute Gasteiger partial charge is 0.329 e. The van der Waals surface area contributed by atoms with Gasteiger partial charge in [0.1, 0.15) is 5.82 Å². The van der Waals surface area contributed by atoms with E-state index >= 15 is 0 Å². The molecule has 0 radical (unpaired) electrons. The third-order valence-electron chi connectivity index (χ3n) is 3.93. The van der Waals surface area contributed by atoms with Crippen molar-refractivity contribution < 1.29 is 0 Å². The molecule has 3 aromatic rings. The second-order valence-electron chi connectivity index (χ2n) is 5.43. The van der Waals surface area contributed by atoms with Crippen LogP contribution in [0.4, 0.5) is 0 Å². The molecule has 0 spiro atoms. The van der Waals surface area contributed by atoms with Crippen LogP contribution in [-0.2, 0) is 20.0 Å². The molecule has 110 valence electrons. The molecule has 2 N–H and O–H groups in total. The zero-order valence-corrected chi connectivity index (χ0v) is 12.5. The molecule has 5 nitrogen and oxygen atoms in total. The van der Waals surface area contributed by atoms with Crippen LogP contribution in [0.25, 0.3) is 10.9 Å². The molecule has 1 atom stereocenters. The monoisotopic (exact) mass is 283 g/mol. The Hall–Kier alpha value is -2.14. The van der Waals surface area contributed by atoms with Gasteiger partial charge in [-0.15, -0.1) is 0 Å². The van der Waals surface area contributed by atoms with Crippen LogP contribution in [0.5, 0.6) is 0 Å². The molecule has 1 aromatic carbocycles. The van der Waals surface area contributed by atoms with E-state index in [1.54, 1.807) is 0 Å². The molecule has 5 heteroatoms. The van der Waals surface area contributed by atoms with Crippen molar-refractivity contribution in [2.75, 3.05) is 0 Å². The van der Waals surface area contributed by atoms with Crippen molar-refractivity contribution in [3.05, 3.63) is 48.2 Å². The molecule has 2 aromatic heterocycles. The van der Waals surface area contributed by atoms with Gasteiger partial charge in [0.2, 0.25) is 0 Å². The third kappa shape index (κ3) is 2.69. The molecular weight excluding hydrogens is 262 g/mol. The smallest absolute Gasteiger partial charge is 0.110 e. The van der Waals surface area contributed by atoms with Gasteiger partial charge in [0.05, 0.1) is 17.8 Å². The zero-order valence-electron chi connectivity index (χ0n) is 12.5. The number of aryl methyl sites for hydroxylation is 1. The number of para-hydroxylation sites is 1. The van der Waals surface area contributed by atoms with E-state index in [-0.39, 0.29) is 6.04 Å². The summed E-state index contributed by atoms with van der Waals surface area (Å²) in [6, 6.07) is 8.46. The lowest BCUT2D eigenvalue weighted by atomic mass is 10.1. The quantitative estimate of drug-likeness (QED) is 0.780. The Labute approximate surface area is 124 Å². The van der Waals surface area contributed by atoms with Crippen molar-refractivity contribution in [2.24, 2.45) is 12.8 Å². The highest BCUT2D eigenvalue weighted by Crippen LogP contribution is 2.19. The minimum atomic E-state index is 0.159. The number of nitrogens with two attached hydrogens (primary N) is 1. The predicted molar refractivity (Wildman–Crippen MR) is 84.0 cm³/mol. The molecular formula is C16H21N5. The number of hydrogen-bond donors (Lipinski definition) is 1. The van der Waals surface area contributed by atoms with Crippen molar-refractivity contribution in [3.63, 3.8) is 0 Å². The number of aromatic nitrogens is 4. The zero-order chi connectivity index (χ0) is 14.8. The average Bonchev–Trinajstić information content (AvgIpc) is 3.05. The molecule has 21 heavy (non-hydrogen) atoms. The maximum Gasteiger partial charge on any atom is 0.110 e. The average molecular weight is 283 g/mol. The van der Waals surface area contributed by atoms with Crippen LogP contribution in [0.3, 0.4) is 0 Å². The van der Waals surface area contributed by atoms with Crippen LogP contribution in [0, 0.1) is 0 Å². The van der Waals surface area contributed by atoms with Crippen LogP contribution < -0.4 is 5.73 Å². The summed E-state index contributed by atoms with van der Waals surface area (Å²) in [7, 11) is 1.98. The number of fused-ring (bicyclic) bond motifs is 1. The normalized spacial score (nSPS) is 12.9.